The van der Waals surface area contributed by atoms with Crippen LogP contribution in [-0.2, 0) is 11.2 Å². The van der Waals surface area contributed by atoms with E-state index in [0.29, 0.717) is 33.3 Å². The summed E-state index contributed by atoms with van der Waals surface area (Å²) in [5.74, 6) is 0.0522. The quantitative estimate of drug-likeness (QED) is 0.264. The average molecular weight is 517 g/mol. The molecule has 4 rings (SSSR count). The number of methoxy groups -OCH3 is 1. The van der Waals surface area contributed by atoms with E-state index in [9.17, 15) is 9.59 Å². The van der Waals surface area contributed by atoms with Crippen molar-refractivity contribution in [2.45, 2.75) is 32.7 Å². The number of rotatable bonds is 7. The summed E-state index contributed by atoms with van der Waals surface area (Å²) < 4.78 is 7.00. The van der Waals surface area contributed by atoms with Gasteiger partial charge in [-0.05, 0) is 68.3 Å². The highest BCUT2D eigenvalue weighted by atomic mass is 35.5. The van der Waals surface area contributed by atoms with Gasteiger partial charge in [0.15, 0.2) is 0 Å². The SMILES string of the molecule is COc1ccc2c(CC(=O)N/N=C(\c3ccccc3)C(C)(C)N)c(C)n(C(=O)c3ccc(Cl)cc3)c2c1. The molecule has 8 heteroatoms. The van der Waals surface area contributed by atoms with Crippen molar-refractivity contribution >= 4 is 40.0 Å². The summed E-state index contributed by atoms with van der Waals surface area (Å²) in [6, 6.07) is 21.6. The number of nitrogens with two attached hydrogens (primary N) is 1. The molecule has 3 N–H and O–H groups in total. The second-order valence-corrected chi connectivity index (χ2v) is 9.79. The van der Waals surface area contributed by atoms with Gasteiger partial charge in [-0.1, -0.05) is 41.9 Å². The minimum Gasteiger partial charge on any atom is -0.497 e. The van der Waals surface area contributed by atoms with Gasteiger partial charge in [-0.3, -0.25) is 14.2 Å². The Morgan fingerprint density at radius 3 is 2.32 bits per heavy atom. The molecule has 0 bridgehead atoms. The summed E-state index contributed by atoms with van der Waals surface area (Å²) in [5, 5.41) is 5.70. The minimum absolute atomic E-state index is 0.0200. The van der Waals surface area contributed by atoms with E-state index >= 15 is 0 Å². The van der Waals surface area contributed by atoms with E-state index in [-0.39, 0.29) is 18.2 Å². The highest BCUT2D eigenvalue weighted by Crippen LogP contribution is 2.30. The summed E-state index contributed by atoms with van der Waals surface area (Å²) in [6.07, 6.45) is 0.0200. The van der Waals surface area contributed by atoms with E-state index in [0.717, 1.165) is 16.5 Å². The molecule has 0 unspecified atom stereocenters. The van der Waals surface area contributed by atoms with Crippen molar-refractivity contribution in [2.75, 3.05) is 7.11 Å². The first-order valence-corrected chi connectivity index (χ1v) is 12.2. The number of hydrazone groups is 1. The van der Waals surface area contributed by atoms with Gasteiger partial charge in [-0.2, -0.15) is 5.10 Å². The molecule has 1 heterocycles. The van der Waals surface area contributed by atoms with Gasteiger partial charge in [0.2, 0.25) is 5.91 Å². The second-order valence-electron chi connectivity index (χ2n) is 9.35. The van der Waals surface area contributed by atoms with Gasteiger partial charge < -0.3 is 10.5 Å². The van der Waals surface area contributed by atoms with Gasteiger partial charge in [0.1, 0.15) is 5.75 Å². The smallest absolute Gasteiger partial charge is 0.262 e. The number of amides is 1. The Kier molecular flexibility index (Phi) is 7.47. The van der Waals surface area contributed by atoms with E-state index in [2.05, 4.69) is 10.5 Å². The molecular formula is C29H29ClN4O3. The van der Waals surface area contributed by atoms with E-state index in [1.165, 1.54) is 0 Å². The Bertz CT molecular complexity index is 1480. The number of carbonyl (C=O) groups is 2. The van der Waals surface area contributed by atoms with Crippen LogP contribution in [0.2, 0.25) is 5.02 Å². The molecule has 0 atom stereocenters. The fourth-order valence-electron chi connectivity index (χ4n) is 4.29. The van der Waals surface area contributed by atoms with Gasteiger partial charge >= 0.3 is 0 Å². The molecule has 3 aromatic carbocycles. The molecule has 0 fully saturated rings. The predicted molar refractivity (Wildman–Crippen MR) is 147 cm³/mol. The first kappa shape index (κ1) is 26.1. The van der Waals surface area contributed by atoms with Crippen LogP contribution >= 0.6 is 11.6 Å². The summed E-state index contributed by atoms with van der Waals surface area (Å²) in [5.41, 5.74) is 12.1. The van der Waals surface area contributed by atoms with Gasteiger partial charge in [0.05, 0.1) is 30.3 Å². The van der Waals surface area contributed by atoms with Crippen molar-refractivity contribution in [2.24, 2.45) is 10.8 Å². The Morgan fingerprint density at radius 2 is 1.70 bits per heavy atom. The summed E-state index contributed by atoms with van der Waals surface area (Å²) in [6.45, 7) is 5.49. The largest absolute Gasteiger partial charge is 0.497 e. The van der Waals surface area contributed by atoms with Gasteiger partial charge in [-0.25, -0.2) is 5.43 Å². The predicted octanol–water partition coefficient (Wildman–Crippen LogP) is 5.10. The molecule has 190 valence electrons. The third-order valence-electron chi connectivity index (χ3n) is 6.12. The van der Waals surface area contributed by atoms with Crippen molar-refractivity contribution in [3.63, 3.8) is 0 Å². The van der Waals surface area contributed by atoms with Crippen LogP contribution in [0.25, 0.3) is 10.9 Å². The van der Waals surface area contributed by atoms with Crippen LogP contribution in [0.1, 0.15) is 41.0 Å². The van der Waals surface area contributed by atoms with E-state index in [1.807, 2.05) is 63.2 Å². The molecule has 0 spiro atoms. The van der Waals surface area contributed by atoms with E-state index in [4.69, 9.17) is 22.1 Å². The number of halogens is 1. The number of hydrogen-bond acceptors (Lipinski definition) is 5. The number of nitrogens with zero attached hydrogens (tertiary/aromatic N) is 2. The van der Waals surface area contributed by atoms with Crippen LogP contribution in [-0.4, -0.2) is 34.7 Å². The van der Waals surface area contributed by atoms with Gasteiger partial charge in [0, 0.05) is 27.7 Å². The van der Waals surface area contributed by atoms with Crippen LogP contribution in [0, 0.1) is 6.92 Å². The lowest BCUT2D eigenvalue weighted by Gasteiger charge is -2.21. The van der Waals surface area contributed by atoms with Crippen LogP contribution in [0.3, 0.4) is 0 Å². The highest BCUT2D eigenvalue weighted by Gasteiger charge is 2.24. The zero-order chi connectivity index (χ0) is 26.7. The number of carbonyl (C=O) groups excluding carboxylic acids is 2. The lowest BCUT2D eigenvalue weighted by molar-refractivity contribution is -0.120. The minimum atomic E-state index is -0.776. The van der Waals surface area contributed by atoms with Crippen molar-refractivity contribution in [3.8, 4) is 5.75 Å². The number of benzene rings is 3. The monoisotopic (exact) mass is 516 g/mol. The molecule has 37 heavy (non-hydrogen) atoms. The standard InChI is InChI=1S/C29H29ClN4O3/c1-18-24(17-26(35)32-33-27(29(2,3)31)19-8-6-5-7-9-19)23-15-14-22(37-4)16-25(23)34(18)28(36)20-10-12-21(30)13-11-20/h5-16H,17,31H2,1-4H3,(H,32,35)/b33-27+. The maximum atomic E-state index is 13.5. The summed E-state index contributed by atoms with van der Waals surface area (Å²) in [4.78, 5) is 26.6. The summed E-state index contributed by atoms with van der Waals surface area (Å²) in [7, 11) is 1.57. The van der Waals surface area contributed by atoms with Crippen LogP contribution in [0.15, 0.2) is 77.9 Å². The number of aromatic nitrogens is 1. The lowest BCUT2D eigenvalue weighted by Crippen LogP contribution is -2.43. The normalized spacial score (nSPS) is 12.0. The summed E-state index contributed by atoms with van der Waals surface area (Å²) >= 11 is 6.01. The molecule has 1 amide bonds. The first-order chi connectivity index (χ1) is 17.6. The number of fused-ring (bicyclic) bond motifs is 1. The Labute approximate surface area is 220 Å². The Morgan fingerprint density at radius 1 is 1.03 bits per heavy atom. The van der Waals surface area contributed by atoms with Gasteiger partial charge in [-0.15, -0.1) is 0 Å². The van der Waals surface area contributed by atoms with Crippen LogP contribution in [0.5, 0.6) is 5.75 Å². The van der Waals surface area contributed by atoms with Gasteiger partial charge in [0.25, 0.3) is 5.91 Å². The maximum absolute atomic E-state index is 13.5. The van der Waals surface area contributed by atoms with Crippen molar-refractivity contribution in [3.05, 3.63) is 100 Å². The average Bonchev–Trinajstić information content (AvgIpc) is 3.14. The molecule has 0 aliphatic rings. The lowest BCUT2D eigenvalue weighted by atomic mass is 9.93. The van der Waals surface area contributed by atoms with Crippen molar-refractivity contribution in [1.82, 2.24) is 9.99 Å². The van der Waals surface area contributed by atoms with Crippen LogP contribution in [0.4, 0.5) is 0 Å². The molecule has 0 saturated heterocycles. The maximum Gasteiger partial charge on any atom is 0.262 e. The Balaban J connectivity index is 1.71. The van der Waals surface area contributed by atoms with E-state index < -0.39 is 5.54 Å². The fraction of sp³-hybridized carbons (Fsp3) is 0.207. The molecule has 4 aromatic rings. The highest BCUT2D eigenvalue weighted by molar-refractivity contribution is 6.30. The molecule has 0 radical (unpaired) electrons. The number of hydrogen-bond donors (Lipinski definition) is 2. The fourth-order valence-corrected chi connectivity index (χ4v) is 4.42. The molecule has 0 saturated carbocycles. The third kappa shape index (κ3) is 5.58. The topological polar surface area (TPSA) is 98.7 Å². The van der Waals surface area contributed by atoms with Crippen molar-refractivity contribution in [1.29, 1.82) is 0 Å². The number of nitrogens with one attached hydrogen (secondary N) is 1. The molecular weight excluding hydrogens is 488 g/mol. The first-order valence-electron chi connectivity index (χ1n) is 11.8. The van der Waals surface area contributed by atoms with Crippen molar-refractivity contribution < 1.29 is 14.3 Å². The molecule has 0 aliphatic heterocycles. The third-order valence-corrected chi connectivity index (χ3v) is 6.38. The molecule has 1 aromatic heterocycles. The molecule has 0 aliphatic carbocycles. The number of ether oxygens (including phenoxy) is 1. The Hall–Kier alpha value is -3.94. The molecule has 7 nitrogen and oxygen atoms in total. The van der Waals surface area contributed by atoms with Crippen LogP contribution < -0.4 is 15.9 Å². The second kappa shape index (κ2) is 10.6. The zero-order valence-corrected chi connectivity index (χ0v) is 22.0. The zero-order valence-electron chi connectivity index (χ0n) is 21.2. The van der Waals surface area contributed by atoms with E-state index in [1.54, 1.807) is 42.0 Å².